The van der Waals surface area contributed by atoms with Crippen LogP contribution in [0.4, 0.5) is 0 Å². The lowest BCUT2D eigenvalue weighted by molar-refractivity contribution is -0.145. The van der Waals surface area contributed by atoms with Gasteiger partial charge in [-0.05, 0) is 6.07 Å². The minimum Gasteiger partial charge on any atom is -0.496 e. The van der Waals surface area contributed by atoms with Gasteiger partial charge in [-0.2, -0.15) is 0 Å². The van der Waals surface area contributed by atoms with Crippen molar-refractivity contribution in [1.29, 1.82) is 0 Å². The van der Waals surface area contributed by atoms with E-state index in [9.17, 15) is 9.59 Å². The normalized spacial score (nSPS) is 23.2. The molecule has 90 valence electrons. The summed E-state index contributed by atoms with van der Waals surface area (Å²) in [5.41, 5.74) is 0.751. The Morgan fingerprint density at radius 1 is 1.47 bits per heavy atom. The van der Waals surface area contributed by atoms with Crippen LogP contribution < -0.4 is 10.1 Å². The number of nitrogens with one attached hydrogen (secondary N) is 1. The van der Waals surface area contributed by atoms with Gasteiger partial charge in [0.2, 0.25) is 5.91 Å². The maximum atomic E-state index is 11.5. The fourth-order valence-electron chi connectivity index (χ4n) is 2.17. The summed E-state index contributed by atoms with van der Waals surface area (Å²) in [7, 11) is 1.53. The molecule has 1 fully saturated rings. The fourth-order valence-corrected chi connectivity index (χ4v) is 2.17. The van der Waals surface area contributed by atoms with Crippen LogP contribution in [-0.4, -0.2) is 30.6 Å². The van der Waals surface area contributed by atoms with Crippen LogP contribution in [-0.2, 0) is 9.59 Å². The van der Waals surface area contributed by atoms with Gasteiger partial charge in [-0.1, -0.05) is 18.2 Å². The maximum Gasteiger partial charge on any atom is 0.316 e. The second-order valence-corrected chi connectivity index (χ2v) is 3.91. The predicted octanol–water partition coefficient (Wildman–Crippen LogP) is 0.609. The highest BCUT2D eigenvalue weighted by molar-refractivity contribution is 6.00. The third kappa shape index (κ3) is 1.95. The van der Waals surface area contributed by atoms with E-state index >= 15 is 0 Å². The van der Waals surface area contributed by atoms with Gasteiger partial charge in [0.25, 0.3) is 0 Å². The molecule has 1 aliphatic heterocycles. The number of ether oxygens (including phenoxy) is 1. The topological polar surface area (TPSA) is 75.6 Å². The van der Waals surface area contributed by atoms with E-state index in [1.54, 1.807) is 18.2 Å². The molecule has 17 heavy (non-hydrogen) atoms. The molecule has 0 radical (unpaired) electrons. The Morgan fingerprint density at radius 2 is 2.18 bits per heavy atom. The van der Waals surface area contributed by atoms with Crippen molar-refractivity contribution in [3.63, 3.8) is 0 Å². The molecular weight excluding hydrogens is 222 g/mol. The van der Waals surface area contributed by atoms with Crippen LogP contribution in [0.15, 0.2) is 24.3 Å². The number of hydrogen-bond donors (Lipinski definition) is 2. The lowest BCUT2D eigenvalue weighted by Gasteiger charge is -2.16. The monoisotopic (exact) mass is 235 g/mol. The third-order valence-electron chi connectivity index (χ3n) is 2.99. The maximum absolute atomic E-state index is 11.5. The zero-order valence-corrected chi connectivity index (χ0v) is 9.34. The molecule has 1 aliphatic rings. The summed E-state index contributed by atoms with van der Waals surface area (Å²) in [6.45, 7) is 0.330. The third-order valence-corrected chi connectivity index (χ3v) is 2.99. The highest BCUT2D eigenvalue weighted by atomic mass is 16.5. The number of methoxy groups -OCH3 is 1. The van der Waals surface area contributed by atoms with Crippen molar-refractivity contribution < 1.29 is 19.4 Å². The van der Waals surface area contributed by atoms with Crippen LogP contribution in [0.2, 0.25) is 0 Å². The number of amides is 1. The van der Waals surface area contributed by atoms with Crippen molar-refractivity contribution in [3.05, 3.63) is 29.8 Å². The number of benzene rings is 1. The summed E-state index contributed by atoms with van der Waals surface area (Å²) in [5, 5.41) is 11.7. The summed E-state index contributed by atoms with van der Waals surface area (Å²) in [6, 6.07) is 7.17. The first-order chi connectivity index (χ1) is 8.15. The molecule has 2 rings (SSSR count). The van der Waals surface area contributed by atoms with E-state index in [1.807, 2.05) is 6.07 Å². The minimum atomic E-state index is -1.10. The van der Waals surface area contributed by atoms with Crippen molar-refractivity contribution in [2.75, 3.05) is 13.7 Å². The number of hydrogen-bond acceptors (Lipinski definition) is 3. The Labute approximate surface area is 98.4 Å². The van der Waals surface area contributed by atoms with Gasteiger partial charge in [-0.25, -0.2) is 0 Å². The Balaban J connectivity index is 2.39. The molecule has 0 bridgehead atoms. The van der Waals surface area contributed by atoms with Gasteiger partial charge in [0.15, 0.2) is 0 Å². The number of rotatable bonds is 3. The van der Waals surface area contributed by atoms with Crippen LogP contribution in [0.3, 0.4) is 0 Å². The van der Waals surface area contributed by atoms with Gasteiger partial charge >= 0.3 is 5.97 Å². The molecule has 1 heterocycles. The number of carbonyl (C=O) groups is 2. The second-order valence-electron chi connectivity index (χ2n) is 3.91. The molecule has 1 aromatic carbocycles. The van der Waals surface area contributed by atoms with Gasteiger partial charge in [0.05, 0.1) is 7.11 Å². The molecule has 1 aromatic rings. The molecule has 2 N–H and O–H groups in total. The summed E-state index contributed by atoms with van der Waals surface area (Å²) in [5.74, 6) is -2.34. The number of carboxylic acids is 1. The fraction of sp³-hybridized carbons (Fsp3) is 0.333. The molecule has 0 unspecified atom stereocenters. The van der Waals surface area contributed by atoms with Crippen LogP contribution in [0.5, 0.6) is 5.75 Å². The molecule has 5 heteroatoms. The van der Waals surface area contributed by atoms with E-state index < -0.39 is 17.8 Å². The Kier molecular flexibility index (Phi) is 2.99. The largest absolute Gasteiger partial charge is 0.496 e. The van der Waals surface area contributed by atoms with Crippen LogP contribution in [0, 0.1) is 5.92 Å². The van der Waals surface area contributed by atoms with Crippen molar-refractivity contribution >= 4 is 11.9 Å². The van der Waals surface area contributed by atoms with E-state index in [-0.39, 0.29) is 5.92 Å². The average Bonchev–Trinajstić information content (AvgIpc) is 2.71. The van der Waals surface area contributed by atoms with Crippen LogP contribution in [0.25, 0.3) is 0 Å². The molecule has 1 saturated heterocycles. The van der Waals surface area contributed by atoms with Crippen molar-refractivity contribution in [3.8, 4) is 5.75 Å². The number of carbonyl (C=O) groups excluding carboxylic acids is 1. The van der Waals surface area contributed by atoms with Gasteiger partial charge < -0.3 is 15.2 Å². The standard InChI is InChI=1S/C12H13NO4/c1-17-9-5-3-2-4-7(9)8-6-13-11(14)10(8)12(15)16/h2-5,8,10H,6H2,1H3,(H,13,14)(H,15,16)/t8-,10-/m1/s1. The Hall–Kier alpha value is -2.04. The van der Waals surface area contributed by atoms with Gasteiger partial charge in [-0.15, -0.1) is 0 Å². The van der Waals surface area contributed by atoms with E-state index in [0.29, 0.717) is 12.3 Å². The lowest BCUT2D eigenvalue weighted by atomic mass is 9.88. The van der Waals surface area contributed by atoms with Crippen LogP contribution in [0.1, 0.15) is 11.5 Å². The Bertz CT molecular complexity index is 458. The van der Waals surface area contributed by atoms with E-state index in [0.717, 1.165) is 5.56 Å². The zero-order chi connectivity index (χ0) is 12.4. The summed E-state index contributed by atoms with van der Waals surface area (Å²) >= 11 is 0. The Morgan fingerprint density at radius 3 is 2.82 bits per heavy atom. The second kappa shape index (κ2) is 4.45. The number of para-hydroxylation sites is 1. The zero-order valence-electron chi connectivity index (χ0n) is 9.34. The first kappa shape index (κ1) is 11.4. The lowest BCUT2D eigenvalue weighted by Crippen LogP contribution is -2.26. The highest BCUT2D eigenvalue weighted by Crippen LogP contribution is 2.34. The first-order valence-electron chi connectivity index (χ1n) is 5.28. The molecule has 2 atom stereocenters. The average molecular weight is 235 g/mol. The van der Waals surface area contributed by atoms with Gasteiger partial charge in [0, 0.05) is 18.0 Å². The van der Waals surface area contributed by atoms with E-state index in [2.05, 4.69) is 5.32 Å². The number of carboxylic acid groups (broad SMARTS) is 1. The summed E-state index contributed by atoms with van der Waals surface area (Å²) in [4.78, 5) is 22.6. The van der Waals surface area contributed by atoms with Gasteiger partial charge in [0.1, 0.15) is 11.7 Å². The van der Waals surface area contributed by atoms with E-state index in [1.165, 1.54) is 7.11 Å². The predicted molar refractivity (Wildman–Crippen MR) is 59.9 cm³/mol. The summed E-state index contributed by atoms with van der Waals surface area (Å²) in [6.07, 6.45) is 0. The molecule has 0 saturated carbocycles. The first-order valence-corrected chi connectivity index (χ1v) is 5.28. The number of aliphatic carboxylic acids is 1. The van der Waals surface area contributed by atoms with Gasteiger partial charge in [-0.3, -0.25) is 9.59 Å². The highest BCUT2D eigenvalue weighted by Gasteiger charge is 2.42. The molecule has 5 nitrogen and oxygen atoms in total. The molecule has 0 aliphatic carbocycles. The molecule has 0 aromatic heterocycles. The SMILES string of the molecule is COc1ccccc1[C@H]1CNC(=O)[C@@H]1C(=O)O. The quantitative estimate of drug-likeness (QED) is 0.753. The molecular formula is C12H13NO4. The van der Waals surface area contributed by atoms with E-state index in [4.69, 9.17) is 9.84 Å². The van der Waals surface area contributed by atoms with Crippen molar-refractivity contribution in [1.82, 2.24) is 5.32 Å². The van der Waals surface area contributed by atoms with Crippen molar-refractivity contribution in [2.45, 2.75) is 5.92 Å². The summed E-state index contributed by atoms with van der Waals surface area (Å²) < 4.78 is 5.19. The van der Waals surface area contributed by atoms with Crippen LogP contribution >= 0.6 is 0 Å². The molecule has 1 amide bonds. The smallest absolute Gasteiger partial charge is 0.316 e. The van der Waals surface area contributed by atoms with Crippen molar-refractivity contribution in [2.24, 2.45) is 5.92 Å². The minimum absolute atomic E-state index is 0.330. The molecule has 0 spiro atoms.